The Balaban J connectivity index is 2.69. The highest BCUT2D eigenvalue weighted by atomic mass is 16.5. The molecule has 1 heterocycles. The molecule has 1 aromatic heterocycles. The van der Waals surface area contributed by atoms with Crippen LogP contribution in [0.4, 0.5) is 5.82 Å². The topological polar surface area (TPSA) is 60.2 Å². The van der Waals surface area contributed by atoms with Crippen molar-refractivity contribution in [2.24, 2.45) is 5.84 Å². The molecule has 0 aliphatic rings. The van der Waals surface area contributed by atoms with E-state index in [4.69, 9.17) is 10.6 Å². The van der Waals surface area contributed by atoms with Crippen molar-refractivity contribution in [3.63, 3.8) is 0 Å². The molecule has 0 aliphatic carbocycles. The number of hydrazine groups is 1. The number of ether oxygens (including phenoxy) is 1. The number of nitrogens with zero attached hydrogens (tertiary/aromatic N) is 1. The molecule has 0 saturated carbocycles. The second-order valence-electron chi connectivity index (χ2n) is 3.35. The second-order valence-corrected chi connectivity index (χ2v) is 3.35. The lowest BCUT2D eigenvalue weighted by molar-refractivity contribution is 0.415. The van der Waals surface area contributed by atoms with Crippen molar-refractivity contribution < 1.29 is 4.74 Å². The largest absolute Gasteiger partial charge is 0.497 e. The number of nitrogens with two attached hydrogens (primary N) is 1. The number of nitrogen functional groups attached to an aromatic ring is 1. The van der Waals surface area contributed by atoms with E-state index in [0.717, 1.165) is 22.2 Å². The van der Waals surface area contributed by atoms with Gasteiger partial charge in [-0.15, -0.1) is 0 Å². The number of methoxy groups -OCH3 is 1. The van der Waals surface area contributed by atoms with Crippen LogP contribution >= 0.6 is 0 Å². The first-order chi connectivity index (χ1) is 7.24. The average molecular weight is 203 g/mol. The van der Waals surface area contributed by atoms with Crippen LogP contribution in [0.15, 0.2) is 24.3 Å². The molecule has 0 atom stereocenters. The lowest BCUT2D eigenvalue weighted by Crippen LogP contribution is -2.08. The molecule has 2 rings (SSSR count). The van der Waals surface area contributed by atoms with Gasteiger partial charge < -0.3 is 10.2 Å². The molecule has 4 nitrogen and oxygen atoms in total. The number of aryl methyl sites for hydroxylation is 1. The minimum absolute atomic E-state index is 0.660. The number of rotatable bonds is 2. The van der Waals surface area contributed by atoms with E-state index in [-0.39, 0.29) is 0 Å². The molecule has 2 aromatic rings. The standard InChI is InChI=1S/C11H13N3O/c1-7-5-11(14-12)13-10-6-8(15-2)3-4-9(7)10/h3-6H,12H2,1-2H3,(H,13,14). The molecule has 0 saturated heterocycles. The summed E-state index contributed by atoms with van der Waals surface area (Å²) >= 11 is 0. The summed E-state index contributed by atoms with van der Waals surface area (Å²) in [7, 11) is 1.64. The number of nitrogens with one attached hydrogen (secondary N) is 1. The number of pyridine rings is 1. The van der Waals surface area contributed by atoms with E-state index in [9.17, 15) is 0 Å². The maximum Gasteiger partial charge on any atom is 0.140 e. The van der Waals surface area contributed by atoms with Crippen molar-refractivity contribution >= 4 is 16.7 Å². The molecule has 0 aliphatic heterocycles. The smallest absolute Gasteiger partial charge is 0.140 e. The normalized spacial score (nSPS) is 10.3. The minimum atomic E-state index is 0.660. The van der Waals surface area contributed by atoms with Crippen molar-refractivity contribution in [3.05, 3.63) is 29.8 Å². The summed E-state index contributed by atoms with van der Waals surface area (Å²) in [5, 5.41) is 1.11. The Morgan fingerprint density at radius 3 is 2.80 bits per heavy atom. The molecular weight excluding hydrogens is 190 g/mol. The van der Waals surface area contributed by atoms with Gasteiger partial charge in [-0.05, 0) is 30.7 Å². The quantitative estimate of drug-likeness (QED) is 0.577. The van der Waals surface area contributed by atoms with Crippen LogP contribution in [0.25, 0.3) is 10.9 Å². The molecule has 0 radical (unpaired) electrons. The molecule has 0 amide bonds. The van der Waals surface area contributed by atoms with Gasteiger partial charge in [-0.1, -0.05) is 0 Å². The fourth-order valence-corrected chi connectivity index (χ4v) is 1.58. The fourth-order valence-electron chi connectivity index (χ4n) is 1.58. The van der Waals surface area contributed by atoms with E-state index in [1.807, 2.05) is 31.2 Å². The third-order valence-corrected chi connectivity index (χ3v) is 2.37. The highest BCUT2D eigenvalue weighted by Gasteiger charge is 2.03. The van der Waals surface area contributed by atoms with E-state index in [0.29, 0.717) is 5.82 Å². The third kappa shape index (κ3) is 1.71. The SMILES string of the molecule is COc1ccc2c(C)cc(NN)nc2c1. The van der Waals surface area contributed by atoms with E-state index in [1.54, 1.807) is 7.11 Å². The number of hydrogen-bond acceptors (Lipinski definition) is 4. The number of fused-ring (bicyclic) bond motifs is 1. The van der Waals surface area contributed by atoms with Crippen molar-refractivity contribution in [1.29, 1.82) is 0 Å². The predicted octanol–water partition coefficient (Wildman–Crippen LogP) is 1.84. The predicted molar refractivity (Wildman–Crippen MR) is 60.8 cm³/mol. The summed E-state index contributed by atoms with van der Waals surface area (Å²) < 4.78 is 5.14. The molecule has 0 unspecified atom stereocenters. The van der Waals surface area contributed by atoms with Crippen LogP contribution in [0.1, 0.15) is 5.56 Å². The Kier molecular flexibility index (Phi) is 2.43. The summed E-state index contributed by atoms with van der Waals surface area (Å²) in [6, 6.07) is 7.72. The summed E-state index contributed by atoms with van der Waals surface area (Å²) in [4.78, 5) is 4.35. The molecule has 3 N–H and O–H groups in total. The summed E-state index contributed by atoms with van der Waals surface area (Å²) in [5.41, 5.74) is 4.56. The molecule has 78 valence electrons. The van der Waals surface area contributed by atoms with Gasteiger partial charge in [-0.3, -0.25) is 0 Å². The Morgan fingerprint density at radius 1 is 1.33 bits per heavy atom. The van der Waals surface area contributed by atoms with Crippen molar-refractivity contribution in [3.8, 4) is 5.75 Å². The van der Waals surface area contributed by atoms with Gasteiger partial charge in [0.1, 0.15) is 11.6 Å². The van der Waals surface area contributed by atoms with Gasteiger partial charge in [-0.25, -0.2) is 10.8 Å². The zero-order valence-corrected chi connectivity index (χ0v) is 8.74. The Labute approximate surface area is 88.0 Å². The van der Waals surface area contributed by atoms with Crippen LogP contribution in [0.5, 0.6) is 5.75 Å². The van der Waals surface area contributed by atoms with Gasteiger partial charge in [-0.2, -0.15) is 0 Å². The molecule has 0 spiro atoms. The van der Waals surface area contributed by atoms with Gasteiger partial charge in [0, 0.05) is 11.5 Å². The lowest BCUT2D eigenvalue weighted by Gasteiger charge is -2.07. The molecule has 15 heavy (non-hydrogen) atoms. The van der Waals surface area contributed by atoms with E-state index < -0.39 is 0 Å². The molecule has 1 aromatic carbocycles. The van der Waals surface area contributed by atoms with E-state index in [2.05, 4.69) is 10.4 Å². The molecule has 0 fully saturated rings. The van der Waals surface area contributed by atoms with Crippen LogP contribution in [-0.4, -0.2) is 12.1 Å². The summed E-state index contributed by atoms with van der Waals surface area (Å²) in [5.74, 6) is 6.79. The summed E-state index contributed by atoms with van der Waals surface area (Å²) in [6.45, 7) is 2.03. The number of aromatic nitrogens is 1. The van der Waals surface area contributed by atoms with Gasteiger partial charge in [0.2, 0.25) is 0 Å². The Hall–Kier alpha value is -1.81. The van der Waals surface area contributed by atoms with Crippen molar-refractivity contribution in [2.75, 3.05) is 12.5 Å². The highest BCUT2D eigenvalue weighted by Crippen LogP contribution is 2.23. The monoisotopic (exact) mass is 203 g/mol. The first-order valence-electron chi connectivity index (χ1n) is 4.66. The Morgan fingerprint density at radius 2 is 2.13 bits per heavy atom. The Bertz CT molecular complexity index is 491. The first-order valence-corrected chi connectivity index (χ1v) is 4.66. The van der Waals surface area contributed by atoms with Crippen molar-refractivity contribution in [2.45, 2.75) is 6.92 Å². The lowest BCUT2D eigenvalue weighted by atomic mass is 10.1. The number of hydrogen-bond donors (Lipinski definition) is 2. The minimum Gasteiger partial charge on any atom is -0.497 e. The zero-order valence-electron chi connectivity index (χ0n) is 8.74. The van der Waals surface area contributed by atoms with Gasteiger partial charge in [0.25, 0.3) is 0 Å². The van der Waals surface area contributed by atoms with E-state index >= 15 is 0 Å². The van der Waals surface area contributed by atoms with Gasteiger partial charge in [0.05, 0.1) is 12.6 Å². The third-order valence-electron chi connectivity index (χ3n) is 2.37. The van der Waals surface area contributed by atoms with Gasteiger partial charge >= 0.3 is 0 Å². The van der Waals surface area contributed by atoms with Crippen LogP contribution in [0.2, 0.25) is 0 Å². The van der Waals surface area contributed by atoms with E-state index in [1.165, 1.54) is 0 Å². The molecule has 4 heteroatoms. The maximum absolute atomic E-state index is 5.34. The van der Waals surface area contributed by atoms with Crippen LogP contribution in [0, 0.1) is 6.92 Å². The number of anilines is 1. The number of benzene rings is 1. The first kappa shape index (κ1) is 9.73. The maximum atomic E-state index is 5.34. The zero-order chi connectivity index (χ0) is 10.8. The molecule has 0 bridgehead atoms. The average Bonchev–Trinajstić information content (AvgIpc) is 2.28. The van der Waals surface area contributed by atoms with Gasteiger partial charge in [0.15, 0.2) is 0 Å². The van der Waals surface area contributed by atoms with Crippen LogP contribution in [-0.2, 0) is 0 Å². The summed E-state index contributed by atoms with van der Waals surface area (Å²) in [6.07, 6.45) is 0. The fraction of sp³-hybridized carbons (Fsp3) is 0.182. The van der Waals surface area contributed by atoms with Crippen LogP contribution in [0.3, 0.4) is 0 Å². The highest BCUT2D eigenvalue weighted by molar-refractivity contribution is 5.85. The second kappa shape index (κ2) is 3.74. The van der Waals surface area contributed by atoms with Crippen molar-refractivity contribution in [1.82, 2.24) is 4.98 Å². The molecular formula is C11H13N3O. The van der Waals surface area contributed by atoms with Crippen LogP contribution < -0.4 is 16.0 Å².